The number of nitrogens with two attached hydrogens (primary N) is 1. The molecule has 4 N–H and O–H groups in total. The normalized spacial score (nSPS) is 10.9. The molecule has 2 heterocycles. The largest absolute Gasteiger partial charge is 0.454 e. The molecule has 0 unspecified atom stereocenters. The van der Waals surface area contributed by atoms with Crippen LogP contribution in [0.25, 0.3) is 0 Å². The summed E-state index contributed by atoms with van der Waals surface area (Å²) < 4.78 is 5.33. The number of hydrogen-bond donors (Lipinski definition) is 3. The predicted octanol–water partition coefficient (Wildman–Crippen LogP) is 1.77. The number of aliphatic imine (C=N–C) groups is 1. The number of amides is 1. The molecule has 0 radical (unpaired) electrons. The van der Waals surface area contributed by atoms with E-state index in [4.69, 9.17) is 10.2 Å². The first-order valence-corrected chi connectivity index (χ1v) is 8.40. The van der Waals surface area contributed by atoms with Gasteiger partial charge in [-0.2, -0.15) is 0 Å². The third-order valence-electron chi connectivity index (χ3n) is 3.00. The molecule has 0 aliphatic rings. The zero-order valence-corrected chi connectivity index (χ0v) is 17.6. The topological polar surface area (TPSA) is 109 Å². The van der Waals surface area contributed by atoms with Crippen molar-refractivity contribution in [1.29, 1.82) is 0 Å². The van der Waals surface area contributed by atoms with E-state index in [1.165, 1.54) is 0 Å². The maximum atomic E-state index is 11.0. The van der Waals surface area contributed by atoms with Crippen molar-refractivity contribution in [2.45, 2.75) is 20.0 Å². The van der Waals surface area contributed by atoms with Gasteiger partial charge in [-0.1, -0.05) is 0 Å². The average Bonchev–Trinajstić information content (AvgIpc) is 3.19. The SMILES string of the molecule is CCNC(=NCc1csc(N(C)C)n1)NCc1ccc(C(N)=O)o1.I. The zero-order valence-electron chi connectivity index (χ0n) is 14.4. The molecule has 0 saturated heterocycles. The van der Waals surface area contributed by atoms with Crippen LogP contribution in [0.15, 0.2) is 26.9 Å². The molecule has 10 heteroatoms. The maximum absolute atomic E-state index is 11.0. The van der Waals surface area contributed by atoms with Crippen molar-refractivity contribution in [2.75, 3.05) is 25.5 Å². The molecule has 0 atom stereocenters. The van der Waals surface area contributed by atoms with E-state index < -0.39 is 5.91 Å². The number of primary amides is 1. The van der Waals surface area contributed by atoms with Gasteiger partial charge in [0, 0.05) is 26.0 Å². The molecule has 0 aliphatic carbocycles. The van der Waals surface area contributed by atoms with Gasteiger partial charge >= 0.3 is 0 Å². The molecule has 0 aliphatic heterocycles. The Morgan fingerprint density at radius 2 is 2.16 bits per heavy atom. The summed E-state index contributed by atoms with van der Waals surface area (Å²) in [5, 5.41) is 9.25. The van der Waals surface area contributed by atoms with E-state index in [-0.39, 0.29) is 29.7 Å². The first-order chi connectivity index (χ1) is 11.5. The van der Waals surface area contributed by atoms with Gasteiger partial charge in [0.15, 0.2) is 16.9 Å². The molecule has 8 nitrogen and oxygen atoms in total. The summed E-state index contributed by atoms with van der Waals surface area (Å²) in [5.41, 5.74) is 6.08. The van der Waals surface area contributed by atoms with Gasteiger partial charge in [-0.15, -0.1) is 35.3 Å². The number of anilines is 1. The molecule has 138 valence electrons. The predicted molar refractivity (Wildman–Crippen MR) is 111 cm³/mol. The minimum absolute atomic E-state index is 0. The van der Waals surface area contributed by atoms with E-state index in [0.717, 1.165) is 17.4 Å². The van der Waals surface area contributed by atoms with Crippen LogP contribution in [0.4, 0.5) is 5.13 Å². The smallest absolute Gasteiger partial charge is 0.284 e. The van der Waals surface area contributed by atoms with Gasteiger partial charge in [-0.25, -0.2) is 9.98 Å². The van der Waals surface area contributed by atoms with Gasteiger partial charge < -0.3 is 25.7 Å². The maximum Gasteiger partial charge on any atom is 0.284 e. The standard InChI is InChI=1S/C15H22N6O2S.HI/c1-4-17-14(18-7-10-9-24-15(20-10)21(2)3)19-8-11-5-6-12(23-11)13(16)22;/h5-6,9H,4,7-8H2,1-3H3,(H2,16,22)(H2,17,18,19);1H. The zero-order chi connectivity index (χ0) is 17.5. The van der Waals surface area contributed by atoms with Gasteiger partial charge in [0.1, 0.15) is 5.76 Å². The van der Waals surface area contributed by atoms with Crippen LogP contribution in [0.5, 0.6) is 0 Å². The molecular weight excluding hydrogens is 455 g/mol. The second-order valence-corrected chi connectivity index (χ2v) is 6.03. The fourth-order valence-corrected chi connectivity index (χ4v) is 2.60. The molecule has 0 aromatic carbocycles. The molecule has 0 spiro atoms. The molecule has 25 heavy (non-hydrogen) atoms. The van der Waals surface area contributed by atoms with E-state index in [9.17, 15) is 4.79 Å². The first kappa shape index (κ1) is 21.2. The number of hydrogen-bond acceptors (Lipinski definition) is 6. The van der Waals surface area contributed by atoms with Crippen LogP contribution in [0, 0.1) is 0 Å². The number of halogens is 1. The van der Waals surface area contributed by atoms with Gasteiger partial charge in [-0.3, -0.25) is 4.79 Å². The lowest BCUT2D eigenvalue weighted by Crippen LogP contribution is -2.36. The van der Waals surface area contributed by atoms with Gasteiger partial charge in [-0.05, 0) is 19.1 Å². The fraction of sp³-hybridized carbons (Fsp3) is 0.400. The molecule has 0 saturated carbocycles. The van der Waals surface area contributed by atoms with Crippen LogP contribution >= 0.6 is 35.3 Å². The van der Waals surface area contributed by atoms with E-state index in [0.29, 0.717) is 24.8 Å². The van der Waals surface area contributed by atoms with Crippen LogP contribution in [-0.2, 0) is 13.1 Å². The Balaban J connectivity index is 0.00000312. The van der Waals surface area contributed by atoms with Crippen molar-refractivity contribution >= 4 is 52.3 Å². The summed E-state index contributed by atoms with van der Waals surface area (Å²) in [7, 11) is 3.92. The Labute approximate surface area is 167 Å². The Hall–Kier alpha value is -1.82. The summed E-state index contributed by atoms with van der Waals surface area (Å²) in [5.74, 6) is 0.821. The minimum atomic E-state index is -0.581. The minimum Gasteiger partial charge on any atom is -0.454 e. The van der Waals surface area contributed by atoms with E-state index in [1.807, 2.05) is 31.3 Å². The third kappa shape index (κ3) is 6.53. The van der Waals surface area contributed by atoms with Crippen LogP contribution < -0.4 is 21.3 Å². The van der Waals surface area contributed by atoms with Crippen molar-refractivity contribution in [3.8, 4) is 0 Å². The lowest BCUT2D eigenvalue weighted by Gasteiger charge is -2.09. The second kappa shape index (κ2) is 10.2. The highest BCUT2D eigenvalue weighted by molar-refractivity contribution is 14.0. The van der Waals surface area contributed by atoms with E-state index in [2.05, 4.69) is 20.6 Å². The number of rotatable bonds is 7. The van der Waals surface area contributed by atoms with Crippen LogP contribution in [-0.4, -0.2) is 37.5 Å². The molecule has 0 bridgehead atoms. The van der Waals surface area contributed by atoms with Crippen molar-refractivity contribution < 1.29 is 9.21 Å². The number of carbonyl (C=O) groups is 1. The van der Waals surface area contributed by atoms with Crippen molar-refractivity contribution in [3.63, 3.8) is 0 Å². The van der Waals surface area contributed by atoms with Gasteiger partial charge in [0.2, 0.25) is 0 Å². The van der Waals surface area contributed by atoms with E-state index in [1.54, 1.807) is 23.5 Å². The van der Waals surface area contributed by atoms with Crippen molar-refractivity contribution in [2.24, 2.45) is 10.7 Å². The highest BCUT2D eigenvalue weighted by atomic mass is 127. The average molecular weight is 478 g/mol. The number of thiazole rings is 1. The van der Waals surface area contributed by atoms with Crippen molar-refractivity contribution in [3.05, 3.63) is 34.7 Å². The lowest BCUT2D eigenvalue weighted by molar-refractivity contribution is 0.0972. The second-order valence-electron chi connectivity index (χ2n) is 5.19. The van der Waals surface area contributed by atoms with Crippen LogP contribution in [0.2, 0.25) is 0 Å². The van der Waals surface area contributed by atoms with Gasteiger partial charge in [0.25, 0.3) is 5.91 Å². The van der Waals surface area contributed by atoms with Crippen LogP contribution in [0.1, 0.15) is 28.9 Å². The molecule has 2 rings (SSSR count). The van der Waals surface area contributed by atoms with E-state index >= 15 is 0 Å². The molecule has 2 aromatic rings. The Kier molecular flexibility index (Phi) is 8.69. The third-order valence-corrected chi connectivity index (χ3v) is 4.06. The Bertz CT molecular complexity index is 712. The summed E-state index contributed by atoms with van der Waals surface area (Å²) in [6.45, 7) is 3.60. The highest BCUT2D eigenvalue weighted by Crippen LogP contribution is 2.18. The summed E-state index contributed by atoms with van der Waals surface area (Å²) in [6.07, 6.45) is 0. The highest BCUT2D eigenvalue weighted by Gasteiger charge is 2.08. The number of furan rings is 1. The number of guanidine groups is 1. The number of nitrogens with one attached hydrogen (secondary N) is 2. The first-order valence-electron chi connectivity index (χ1n) is 7.52. The molecular formula is C15H23IN6O2S. The quantitative estimate of drug-likeness (QED) is 0.318. The molecule has 2 aromatic heterocycles. The van der Waals surface area contributed by atoms with Crippen molar-refractivity contribution in [1.82, 2.24) is 15.6 Å². The van der Waals surface area contributed by atoms with Crippen LogP contribution in [0.3, 0.4) is 0 Å². The summed E-state index contributed by atoms with van der Waals surface area (Å²) in [6, 6.07) is 3.27. The number of nitrogens with zero attached hydrogens (tertiary/aromatic N) is 3. The number of aromatic nitrogens is 1. The Morgan fingerprint density at radius 3 is 2.72 bits per heavy atom. The van der Waals surface area contributed by atoms with Gasteiger partial charge in [0.05, 0.1) is 18.8 Å². The molecule has 1 amide bonds. The Morgan fingerprint density at radius 1 is 1.40 bits per heavy atom. The summed E-state index contributed by atoms with van der Waals surface area (Å²) >= 11 is 1.58. The number of carbonyl (C=O) groups excluding carboxylic acids is 1. The molecule has 0 fully saturated rings. The summed E-state index contributed by atoms with van der Waals surface area (Å²) in [4.78, 5) is 22.0. The monoisotopic (exact) mass is 478 g/mol. The lowest BCUT2D eigenvalue weighted by atomic mass is 10.4. The fourth-order valence-electron chi connectivity index (χ4n) is 1.85.